The van der Waals surface area contributed by atoms with Gasteiger partial charge in [0, 0.05) is 77.9 Å². The second kappa shape index (κ2) is 29.4. The summed E-state index contributed by atoms with van der Waals surface area (Å²) in [6, 6.07) is 118. The van der Waals surface area contributed by atoms with Crippen molar-refractivity contribution in [1.82, 2.24) is 9.13 Å². The van der Waals surface area contributed by atoms with E-state index in [2.05, 4.69) is 459 Å². The molecule has 2 aliphatic heterocycles. The Hall–Kier alpha value is -13.7. The van der Waals surface area contributed by atoms with Gasteiger partial charge in [0.05, 0.1) is 40.3 Å². The summed E-state index contributed by atoms with van der Waals surface area (Å²) >= 11 is 0. The van der Waals surface area contributed by atoms with E-state index >= 15 is 0 Å². The molecule has 0 N–H and O–H groups in total. The van der Waals surface area contributed by atoms with E-state index in [-0.39, 0.29) is 50.1 Å². The Labute approximate surface area is 767 Å². The van der Waals surface area contributed by atoms with Gasteiger partial charge >= 0.3 is 0 Å². The molecule has 0 saturated carbocycles. The molecule has 0 radical (unpaired) electrons. The van der Waals surface area contributed by atoms with Crippen molar-refractivity contribution in [3.63, 3.8) is 0 Å². The molecule has 129 heavy (non-hydrogen) atoms. The Morgan fingerprint density at radius 2 is 0.543 bits per heavy atom. The van der Waals surface area contributed by atoms with E-state index in [9.17, 15) is 6.85 Å². The highest BCUT2D eigenvalue weighted by atomic mass is 15.2. The summed E-state index contributed by atoms with van der Waals surface area (Å²) in [5, 5.41) is 13.9. The van der Waals surface area contributed by atoms with E-state index in [1.807, 2.05) is 0 Å². The minimum atomic E-state index is -0.537. The van der Waals surface area contributed by atoms with Crippen LogP contribution in [0.3, 0.4) is 0 Å². The molecule has 0 bridgehead atoms. The number of rotatable bonds is 9. The molecule has 630 valence electrons. The van der Waals surface area contributed by atoms with Crippen LogP contribution in [0.4, 0.5) is 34.1 Å². The lowest BCUT2D eigenvalue weighted by Gasteiger charge is -2.46. The molecule has 0 amide bonds. The molecule has 0 aliphatic carbocycles. The molecule has 0 saturated heterocycles. The van der Waals surface area contributed by atoms with Crippen LogP contribution in [0, 0.1) is 0 Å². The molecular formula is C124H111BN4. The van der Waals surface area contributed by atoms with E-state index in [0.29, 0.717) is 5.56 Å². The van der Waals surface area contributed by atoms with Crippen LogP contribution in [-0.4, -0.2) is 15.8 Å². The Balaban J connectivity index is 0.936. The summed E-state index contributed by atoms with van der Waals surface area (Å²) in [5.74, 6) is 0. The van der Waals surface area contributed by atoms with Crippen molar-refractivity contribution in [2.45, 2.75) is 157 Å². The number of benzene rings is 18. The molecule has 2 aliphatic rings. The van der Waals surface area contributed by atoms with Gasteiger partial charge in [-0.25, -0.2) is 0 Å². The lowest BCUT2D eigenvalue weighted by atomic mass is 9.33. The lowest BCUT2D eigenvalue weighted by Crippen LogP contribution is -2.61. The van der Waals surface area contributed by atoms with Crippen LogP contribution >= 0.6 is 0 Å². The van der Waals surface area contributed by atoms with E-state index in [4.69, 9.17) is 0 Å². The number of hydrogen-bond acceptors (Lipinski definition) is 2. The fourth-order valence-corrected chi connectivity index (χ4v) is 20.9. The van der Waals surface area contributed by atoms with E-state index in [1.165, 1.54) is 76.5 Å². The van der Waals surface area contributed by atoms with Crippen LogP contribution in [0.15, 0.2) is 346 Å². The molecule has 5 heteroatoms. The highest BCUT2D eigenvalue weighted by Crippen LogP contribution is 2.56. The molecule has 18 aromatic carbocycles. The minimum Gasteiger partial charge on any atom is -0.310 e. The maximum Gasteiger partial charge on any atom is 0.252 e. The predicted octanol–water partition coefficient (Wildman–Crippen LogP) is 32.7. The zero-order chi connectivity index (χ0) is 93.4. The zero-order valence-corrected chi connectivity index (χ0v) is 77.4. The fourth-order valence-electron chi connectivity index (χ4n) is 20.9. The molecular weight excluding hydrogens is 1560 g/mol. The van der Waals surface area contributed by atoms with Crippen molar-refractivity contribution < 1.29 is 6.85 Å². The van der Waals surface area contributed by atoms with Crippen molar-refractivity contribution in [3.8, 4) is 67.0 Å². The smallest absolute Gasteiger partial charge is 0.252 e. The number of nitrogens with zero attached hydrogens (tertiary/aromatic N) is 4. The first-order valence-corrected chi connectivity index (χ1v) is 46.0. The second-order valence-corrected chi connectivity index (χ2v) is 42.6. The van der Waals surface area contributed by atoms with Gasteiger partial charge in [-0.3, -0.25) is 0 Å². The number of aromatic nitrogens is 2. The van der Waals surface area contributed by atoms with Crippen LogP contribution in [0.2, 0.25) is 0 Å². The number of para-hydroxylation sites is 2. The van der Waals surface area contributed by atoms with Gasteiger partial charge in [0.2, 0.25) is 0 Å². The predicted molar refractivity (Wildman–Crippen MR) is 559 cm³/mol. The minimum absolute atomic E-state index is 0.0933. The van der Waals surface area contributed by atoms with Gasteiger partial charge in [-0.2, -0.15) is 0 Å². The standard InChI is InChI=1S/C124H111BN4/c1-119(2,3)86-48-42-79(43-49-86)98-34-26-35-99(80-44-50-87(51-45-80)120(4,5)6)117(98)128-112-74-92(126-108-62-52-88(121(7,8)9)70-102(108)103-71-89(122(10,11)12)53-63-109(103)126)56-60-106(112)125-107-61-57-93(127-110-64-54-90(123(13,14)15)72-104(110)105-73-91(124(16,17)18)55-65-111(105)127)75-113(107)129(115-69-85(68-114(128)116(115)125)76-28-20-19-21-29-76)118-100(83-46-58-96-81(66-83)40-38-77-30-22-24-32-94(77)96)36-27-37-101(118)84-47-59-97-82(67-84)41-39-78-31-23-25-33-95(78)97/h19-75H,1-18H3/i19D,20D,21D,28D,29D. The molecule has 4 nitrogen and oxygen atoms in total. The van der Waals surface area contributed by atoms with Gasteiger partial charge in [-0.05, 0) is 256 Å². The molecule has 22 rings (SSSR count). The maximum atomic E-state index is 10.5. The number of hydrogen-bond donors (Lipinski definition) is 0. The molecule has 0 atom stereocenters. The molecule has 0 spiro atoms. The van der Waals surface area contributed by atoms with Gasteiger partial charge < -0.3 is 18.9 Å². The second-order valence-electron chi connectivity index (χ2n) is 42.6. The van der Waals surface area contributed by atoms with E-state index in [1.54, 1.807) is 0 Å². The van der Waals surface area contributed by atoms with Crippen LogP contribution < -0.4 is 26.2 Å². The first-order chi connectivity index (χ1) is 63.8. The molecule has 2 aromatic heterocycles. The number of anilines is 6. The fraction of sp³-hybridized carbons (Fsp3) is 0.194. The van der Waals surface area contributed by atoms with Crippen LogP contribution in [0.1, 0.15) is 165 Å². The third-order valence-electron chi connectivity index (χ3n) is 28.1. The Kier molecular flexibility index (Phi) is 17.2. The zero-order valence-electron chi connectivity index (χ0n) is 82.4. The first-order valence-electron chi connectivity index (χ1n) is 48.5. The summed E-state index contributed by atoms with van der Waals surface area (Å²) in [6.07, 6.45) is 0. The van der Waals surface area contributed by atoms with Crippen LogP contribution in [-0.2, 0) is 32.5 Å². The maximum absolute atomic E-state index is 10.5. The summed E-state index contributed by atoms with van der Waals surface area (Å²) < 4.78 is 54.9. The summed E-state index contributed by atoms with van der Waals surface area (Å²) in [6.45, 7) is 40.7. The van der Waals surface area contributed by atoms with Crippen LogP contribution in [0.25, 0.3) is 154 Å². The molecule has 0 fully saturated rings. The Morgan fingerprint density at radius 3 is 0.899 bits per heavy atom. The normalized spacial score (nSPS) is 13.8. The van der Waals surface area contributed by atoms with Crippen molar-refractivity contribution in [3.05, 3.63) is 379 Å². The van der Waals surface area contributed by atoms with Gasteiger partial charge in [-0.1, -0.05) is 373 Å². The molecule has 20 aromatic rings. The largest absolute Gasteiger partial charge is 0.310 e. The van der Waals surface area contributed by atoms with Gasteiger partial charge in [0.25, 0.3) is 6.71 Å². The Bertz CT molecular complexity index is 7990. The topological polar surface area (TPSA) is 16.3 Å². The lowest BCUT2D eigenvalue weighted by molar-refractivity contribution is 0.590. The SMILES string of the molecule is [2H]c1c([2H])c([2H])c(-c2cc3c4c(c2)N(c2c(-c5ccc6c(ccc7ccccc76)c5)cccc2-c2ccc5c(ccc6ccccc65)c2)c2cc(-n5c6ccc(C(C)(C)C)cc6c6cc(C(C)(C)C)ccc65)ccc2B4c2ccc(-n4c5ccc(C(C)(C)C)cc5c5cc(C(C)(C)C)ccc54)cc2N3c2c(-c3ccc(C(C)(C)C)cc3)cccc2-c2ccc(C(C)(C)C)cc2)c([2H])c1[2H]. The summed E-state index contributed by atoms with van der Waals surface area (Å²) in [5.41, 5.74) is 29.6. The first kappa shape index (κ1) is 75.4. The third-order valence-corrected chi connectivity index (χ3v) is 28.1. The quantitative estimate of drug-likeness (QED) is 0.106. The van der Waals surface area contributed by atoms with E-state index < -0.39 is 24.8 Å². The van der Waals surface area contributed by atoms with Crippen LogP contribution in [0.5, 0.6) is 0 Å². The van der Waals surface area contributed by atoms with Crippen molar-refractivity contribution >= 4 is 144 Å². The average molecular weight is 1670 g/mol. The third kappa shape index (κ3) is 13.5. The molecule has 0 unspecified atom stereocenters. The Morgan fingerprint density at radius 1 is 0.225 bits per heavy atom. The van der Waals surface area contributed by atoms with Crippen molar-refractivity contribution in [2.75, 3.05) is 9.80 Å². The molecule has 4 heterocycles. The summed E-state index contributed by atoms with van der Waals surface area (Å²) in [4.78, 5) is 5.09. The van der Waals surface area contributed by atoms with E-state index in [0.717, 1.165) is 150 Å². The van der Waals surface area contributed by atoms with Gasteiger partial charge in [0.1, 0.15) is 0 Å². The van der Waals surface area contributed by atoms with Crippen molar-refractivity contribution in [2.24, 2.45) is 0 Å². The highest BCUT2D eigenvalue weighted by molar-refractivity contribution is 7.00. The van der Waals surface area contributed by atoms with Crippen molar-refractivity contribution in [1.29, 1.82) is 0 Å². The number of fused-ring (bicyclic) bond motifs is 16. The summed E-state index contributed by atoms with van der Waals surface area (Å²) in [7, 11) is 0. The monoisotopic (exact) mass is 1670 g/mol. The van der Waals surface area contributed by atoms with Gasteiger partial charge in [-0.15, -0.1) is 0 Å². The van der Waals surface area contributed by atoms with Gasteiger partial charge in [0.15, 0.2) is 0 Å². The average Bonchev–Trinajstić information content (AvgIpc) is 1.04. The highest BCUT2D eigenvalue weighted by Gasteiger charge is 2.46.